The molecule has 1 rings (SSSR count). The Morgan fingerprint density at radius 1 is 1.47 bits per heavy atom. The lowest BCUT2D eigenvalue weighted by atomic mass is 10.1. The first kappa shape index (κ1) is 15.2. The van der Waals surface area contributed by atoms with E-state index >= 15 is 0 Å². The van der Waals surface area contributed by atoms with Crippen LogP contribution in [0.2, 0.25) is 0 Å². The molecule has 0 radical (unpaired) electrons. The van der Waals surface area contributed by atoms with Gasteiger partial charge in [-0.25, -0.2) is 9.78 Å². The number of aromatic nitrogens is 2. The molecule has 19 heavy (non-hydrogen) atoms. The summed E-state index contributed by atoms with van der Waals surface area (Å²) in [7, 11) is 0. The first-order valence-corrected chi connectivity index (χ1v) is 6.22. The number of aromatic amines is 1. The Labute approximate surface area is 111 Å². The number of nitrogens with zero attached hydrogens (tertiary/aromatic N) is 1. The summed E-state index contributed by atoms with van der Waals surface area (Å²) in [6.45, 7) is 4.49. The fraction of sp³-hybridized carbons (Fsp3) is 0.583. The van der Waals surface area contributed by atoms with E-state index in [1.165, 1.54) is 6.33 Å². The van der Waals surface area contributed by atoms with Crippen LogP contribution in [-0.2, 0) is 16.0 Å². The van der Waals surface area contributed by atoms with Crippen molar-refractivity contribution < 1.29 is 14.7 Å². The van der Waals surface area contributed by atoms with Crippen LogP contribution in [0.4, 0.5) is 0 Å². The zero-order valence-electron chi connectivity index (χ0n) is 11.1. The lowest BCUT2D eigenvalue weighted by Crippen LogP contribution is -2.43. The molecule has 1 heterocycles. The van der Waals surface area contributed by atoms with E-state index in [1.54, 1.807) is 6.20 Å². The van der Waals surface area contributed by atoms with Crippen LogP contribution in [0.5, 0.6) is 0 Å². The van der Waals surface area contributed by atoms with E-state index in [0.717, 1.165) is 0 Å². The number of carboxylic acid groups (broad SMARTS) is 1. The maximum absolute atomic E-state index is 11.6. The molecule has 0 bridgehead atoms. The van der Waals surface area contributed by atoms with Gasteiger partial charge in [-0.1, -0.05) is 13.8 Å². The highest BCUT2D eigenvalue weighted by Gasteiger charge is 2.20. The van der Waals surface area contributed by atoms with Crippen molar-refractivity contribution in [2.75, 3.05) is 6.54 Å². The quantitative estimate of drug-likeness (QED) is 0.527. The molecule has 4 N–H and O–H groups in total. The monoisotopic (exact) mass is 268 g/mol. The molecule has 0 aliphatic carbocycles. The molecule has 1 aromatic rings. The van der Waals surface area contributed by atoms with Gasteiger partial charge in [0.1, 0.15) is 6.04 Å². The summed E-state index contributed by atoms with van der Waals surface area (Å²) in [5, 5.41) is 14.7. The first-order valence-electron chi connectivity index (χ1n) is 6.22. The highest BCUT2D eigenvalue weighted by molar-refractivity contribution is 5.83. The number of carbonyl (C=O) groups is 2. The van der Waals surface area contributed by atoms with Crippen LogP contribution < -0.4 is 10.6 Å². The first-order chi connectivity index (χ1) is 8.99. The normalized spacial score (nSPS) is 12.4. The molecule has 0 aliphatic rings. The molecule has 0 unspecified atom stereocenters. The van der Waals surface area contributed by atoms with Crippen LogP contribution in [-0.4, -0.2) is 45.6 Å². The van der Waals surface area contributed by atoms with Gasteiger partial charge in [-0.05, 0) is 0 Å². The molecule has 0 saturated carbocycles. The van der Waals surface area contributed by atoms with Crippen molar-refractivity contribution in [3.63, 3.8) is 0 Å². The van der Waals surface area contributed by atoms with Gasteiger partial charge >= 0.3 is 5.97 Å². The fourth-order valence-electron chi connectivity index (χ4n) is 1.56. The zero-order valence-corrected chi connectivity index (χ0v) is 11.1. The summed E-state index contributed by atoms with van der Waals surface area (Å²) in [5.41, 5.74) is 0.674. The van der Waals surface area contributed by atoms with E-state index in [2.05, 4.69) is 20.6 Å². The minimum atomic E-state index is -1.06. The van der Waals surface area contributed by atoms with E-state index in [-0.39, 0.29) is 18.7 Å². The number of aliphatic carboxylic acids is 1. The van der Waals surface area contributed by atoms with Crippen LogP contribution in [0.15, 0.2) is 12.5 Å². The van der Waals surface area contributed by atoms with Crippen molar-refractivity contribution in [1.29, 1.82) is 0 Å². The van der Waals surface area contributed by atoms with Gasteiger partial charge in [0, 0.05) is 37.3 Å². The van der Waals surface area contributed by atoms with Gasteiger partial charge in [0.25, 0.3) is 0 Å². The Morgan fingerprint density at radius 3 is 2.74 bits per heavy atom. The van der Waals surface area contributed by atoms with E-state index in [4.69, 9.17) is 5.11 Å². The second kappa shape index (κ2) is 7.52. The molecule has 0 aliphatic heterocycles. The maximum atomic E-state index is 11.6. The fourth-order valence-corrected chi connectivity index (χ4v) is 1.56. The van der Waals surface area contributed by atoms with E-state index in [1.807, 2.05) is 13.8 Å². The Kier molecular flexibility index (Phi) is 6.01. The predicted molar refractivity (Wildman–Crippen MR) is 69.6 cm³/mol. The van der Waals surface area contributed by atoms with Gasteiger partial charge in [0.05, 0.1) is 6.33 Å². The summed E-state index contributed by atoms with van der Waals surface area (Å²) >= 11 is 0. The molecular formula is C12H20N4O3. The largest absolute Gasteiger partial charge is 0.480 e. The Morgan fingerprint density at radius 2 is 2.21 bits per heavy atom. The number of carbonyl (C=O) groups excluding carboxylic acids is 1. The summed E-state index contributed by atoms with van der Waals surface area (Å²) in [6.07, 6.45) is 3.47. The Balaban J connectivity index is 2.40. The summed E-state index contributed by atoms with van der Waals surface area (Å²) in [6, 6.07) is -0.639. The third-order valence-electron chi connectivity index (χ3n) is 2.52. The lowest BCUT2D eigenvalue weighted by molar-refractivity contribution is -0.141. The van der Waals surface area contributed by atoms with Gasteiger partial charge < -0.3 is 20.7 Å². The zero-order chi connectivity index (χ0) is 14.3. The van der Waals surface area contributed by atoms with Crippen molar-refractivity contribution in [1.82, 2.24) is 20.6 Å². The SMILES string of the molecule is CC(C)NCCC(=O)N[C@H](Cc1cnc[nH]1)C(=O)O. The molecular weight excluding hydrogens is 248 g/mol. The van der Waals surface area contributed by atoms with Gasteiger partial charge in [-0.15, -0.1) is 0 Å². The number of amides is 1. The third-order valence-corrected chi connectivity index (χ3v) is 2.52. The van der Waals surface area contributed by atoms with Crippen LogP contribution in [0.25, 0.3) is 0 Å². The minimum Gasteiger partial charge on any atom is -0.480 e. The van der Waals surface area contributed by atoms with Crippen molar-refractivity contribution in [2.24, 2.45) is 0 Å². The van der Waals surface area contributed by atoms with Crippen LogP contribution in [0.1, 0.15) is 26.0 Å². The van der Waals surface area contributed by atoms with Crippen LogP contribution in [0.3, 0.4) is 0 Å². The smallest absolute Gasteiger partial charge is 0.326 e. The summed E-state index contributed by atoms with van der Waals surface area (Å²) < 4.78 is 0. The van der Waals surface area contributed by atoms with Gasteiger partial charge in [0.2, 0.25) is 5.91 Å². The molecule has 106 valence electrons. The van der Waals surface area contributed by atoms with Crippen molar-refractivity contribution >= 4 is 11.9 Å². The number of nitrogens with one attached hydrogen (secondary N) is 3. The topological polar surface area (TPSA) is 107 Å². The average Bonchev–Trinajstić information content (AvgIpc) is 2.80. The van der Waals surface area contributed by atoms with Gasteiger partial charge in [-0.3, -0.25) is 4.79 Å². The second-order valence-corrected chi connectivity index (χ2v) is 4.60. The molecule has 0 saturated heterocycles. The van der Waals surface area contributed by atoms with Crippen molar-refractivity contribution in [3.05, 3.63) is 18.2 Å². The number of rotatable bonds is 8. The van der Waals surface area contributed by atoms with Crippen molar-refractivity contribution in [2.45, 2.75) is 38.8 Å². The molecule has 7 heteroatoms. The number of imidazole rings is 1. The molecule has 7 nitrogen and oxygen atoms in total. The number of hydrogen-bond donors (Lipinski definition) is 4. The molecule has 1 atom stereocenters. The molecule has 0 fully saturated rings. The van der Waals surface area contributed by atoms with Crippen LogP contribution >= 0.6 is 0 Å². The predicted octanol–water partition coefficient (Wildman–Crippen LogP) is -0.0903. The van der Waals surface area contributed by atoms with Crippen molar-refractivity contribution in [3.8, 4) is 0 Å². The maximum Gasteiger partial charge on any atom is 0.326 e. The van der Waals surface area contributed by atoms with E-state index in [0.29, 0.717) is 18.3 Å². The van der Waals surface area contributed by atoms with Crippen LogP contribution in [0, 0.1) is 0 Å². The van der Waals surface area contributed by atoms with Gasteiger partial charge in [-0.2, -0.15) is 0 Å². The minimum absolute atomic E-state index is 0.193. The summed E-state index contributed by atoms with van der Waals surface area (Å²) in [4.78, 5) is 29.3. The molecule has 1 aromatic heterocycles. The number of H-pyrrole nitrogens is 1. The Hall–Kier alpha value is -1.89. The molecule has 0 spiro atoms. The van der Waals surface area contributed by atoms with E-state index in [9.17, 15) is 9.59 Å². The highest BCUT2D eigenvalue weighted by atomic mass is 16.4. The molecule has 0 aromatic carbocycles. The van der Waals surface area contributed by atoms with Gasteiger partial charge in [0.15, 0.2) is 0 Å². The number of hydrogen-bond acceptors (Lipinski definition) is 4. The Bertz CT molecular complexity index is 403. The second-order valence-electron chi connectivity index (χ2n) is 4.60. The lowest BCUT2D eigenvalue weighted by Gasteiger charge is -2.14. The standard InChI is InChI=1S/C12H20N4O3/c1-8(2)14-4-3-11(17)16-10(12(18)19)5-9-6-13-7-15-9/h6-8,10,14H,3-5H2,1-2H3,(H,13,15)(H,16,17)(H,18,19)/t10-/m1/s1. The van der Waals surface area contributed by atoms with E-state index < -0.39 is 12.0 Å². The third kappa shape index (κ3) is 6.01. The highest BCUT2D eigenvalue weighted by Crippen LogP contribution is 1.99. The average molecular weight is 268 g/mol. The molecule has 1 amide bonds. The summed E-state index contributed by atoms with van der Waals surface area (Å²) in [5.74, 6) is -1.33. The number of carboxylic acids is 1.